The number of fused-ring (bicyclic) bond motifs is 1. The Labute approximate surface area is 202 Å². The van der Waals surface area contributed by atoms with Crippen molar-refractivity contribution in [3.05, 3.63) is 83.9 Å². The highest BCUT2D eigenvalue weighted by molar-refractivity contribution is 5.92. The summed E-state index contributed by atoms with van der Waals surface area (Å²) in [5, 5.41) is 18.1. The summed E-state index contributed by atoms with van der Waals surface area (Å²) in [6.45, 7) is 0.878. The maximum Gasteiger partial charge on any atom is 0.408 e. The van der Waals surface area contributed by atoms with E-state index in [1.807, 2.05) is 72.8 Å². The summed E-state index contributed by atoms with van der Waals surface area (Å²) in [6.07, 6.45) is -0.612. The highest BCUT2D eigenvalue weighted by Crippen LogP contribution is 2.16. The third-order valence-corrected chi connectivity index (χ3v) is 5.24. The number of hydrogen-bond acceptors (Lipinski definition) is 5. The number of aliphatic carboxylic acids is 1. The van der Waals surface area contributed by atoms with Gasteiger partial charge in [-0.15, -0.1) is 0 Å². The number of benzene rings is 3. The SMILES string of the molecule is C[C@H](NC(=O)[C@H](Cc1ccccc1)NC(=O)OCc1ccc2ccccc2c1)C(=O)NCC(=O)O. The lowest BCUT2D eigenvalue weighted by atomic mass is 10.1. The van der Waals surface area contributed by atoms with Crippen LogP contribution in [-0.4, -0.2) is 47.6 Å². The molecule has 0 aliphatic heterocycles. The number of hydrogen-bond donors (Lipinski definition) is 4. The molecule has 0 saturated carbocycles. The average Bonchev–Trinajstić information content (AvgIpc) is 2.86. The van der Waals surface area contributed by atoms with Crippen molar-refractivity contribution in [3.8, 4) is 0 Å². The van der Waals surface area contributed by atoms with Crippen molar-refractivity contribution in [1.29, 1.82) is 0 Å². The van der Waals surface area contributed by atoms with E-state index in [-0.39, 0.29) is 13.0 Å². The Hall–Kier alpha value is -4.40. The van der Waals surface area contributed by atoms with Gasteiger partial charge in [-0.25, -0.2) is 4.79 Å². The third-order valence-electron chi connectivity index (χ3n) is 5.24. The normalized spacial score (nSPS) is 12.3. The summed E-state index contributed by atoms with van der Waals surface area (Å²) in [7, 11) is 0. The fourth-order valence-electron chi connectivity index (χ4n) is 3.42. The van der Waals surface area contributed by atoms with E-state index in [1.165, 1.54) is 6.92 Å². The highest BCUT2D eigenvalue weighted by atomic mass is 16.5. The van der Waals surface area contributed by atoms with Gasteiger partial charge in [0.15, 0.2) is 0 Å². The lowest BCUT2D eigenvalue weighted by Gasteiger charge is -2.21. The first-order valence-corrected chi connectivity index (χ1v) is 11.1. The van der Waals surface area contributed by atoms with E-state index in [4.69, 9.17) is 9.84 Å². The van der Waals surface area contributed by atoms with Gasteiger partial charge in [-0.3, -0.25) is 14.4 Å². The van der Waals surface area contributed by atoms with Gasteiger partial charge in [-0.1, -0.05) is 66.7 Å². The molecule has 0 aliphatic rings. The quantitative estimate of drug-likeness (QED) is 0.354. The molecule has 3 rings (SSSR count). The van der Waals surface area contributed by atoms with Crippen molar-refractivity contribution in [1.82, 2.24) is 16.0 Å². The predicted octanol–water partition coefficient (Wildman–Crippen LogP) is 2.38. The topological polar surface area (TPSA) is 134 Å². The Morgan fingerprint density at radius 1 is 0.829 bits per heavy atom. The van der Waals surface area contributed by atoms with E-state index >= 15 is 0 Å². The molecule has 182 valence electrons. The molecule has 2 atom stereocenters. The van der Waals surface area contributed by atoms with Gasteiger partial charge in [0.25, 0.3) is 0 Å². The van der Waals surface area contributed by atoms with E-state index < -0.39 is 42.5 Å². The molecule has 0 aliphatic carbocycles. The van der Waals surface area contributed by atoms with Crippen LogP contribution in [0.4, 0.5) is 4.79 Å². The number of carbonyl (C=O) groups is 4. The van der Waals surface area contributed by atoms with E-state index in [1.54, 1.807) is 0 Å². The molecule has 0 saturated heterocycles. The zero-order valence-electron chi connectivity index (χ0n) is 19.2. The minimum Gasteiger partial charge on any atom is -0.480 e. The van der Waals surface area contributed by atoms with Gasteiger partial charge < -0.3 is 25.8 Å². The van der Waals surface area contributed by atoms with Gasteiger partial charge in [0, 0.05) is 6.42 Å². The Morgan fingerprint density at radius 3 is 2.23 bits per heavy atom. The molecule has 0 bridgehead atoms. The highest BCUT2D eigenvalue weighted by Gasteiger charge is 2.25. The molecule has 0 unspecified atom stereocenters. The molecule has 3 aromatic rings. The van der Waals surface area contributed by atoms with Crippen LogP contribution < -0.4 is 16.0 Å². The molecule has 0 fully saturated rings. The second-order valence-corrected chi connectivity index (χ2v) is 7.99. The van der Waals surface area contributed by atoms with Gasteiger partial charge in [-0.2, -0.15) is 0 Å². The minimum absolute atomic E-state index is 0.0182. The monoisotopic (exact) mass is 477 g/mol. The largest absolute Gasteiger partial charge is 0.480 e. The number of ether oxygens (including phenoxy) is 1. The maximum absolute atomic E-state index is 12.9. The number of carboxylic acid groups (broad SMARTS) is 1. The fraction of sp³-hybridized carbons (Fsp3) is 0.231. The molecule has 35 heavy (non-hydrogen) atoms. The number of alkyl carbamates (subject to hydrolysis) is 1. The van der Waals surface area contributed by atoms with Gasteiger partial charge in [0.05, 0.1) is 0 Å². The molecular weight excluding hydrogens is 450 g/mol. The maximum atomic E-state index is 12.9. The van der Waals surface area contributed by atoms with Crippen LogP contribution in [0.3, 0.4) is 0 Å². The first kappa shape index (κ1) is 25.2. The van der Waals surface area contributed by atoms with Crippen LogP contribution >= 0.6 is 0 Å². The van der Waals surface area contributed by atoms with Crippen LogP contribution in [0.2, 0.25) is 0 Å². The van der Waals surface area contributed by atoms with Gasteiger partial charge in [-0.05, 0) is 34.9 Å². The summed E-state index contributed by atoms with van der Waals surface area (Å²) in [5.41, 5.74) is 1.59. The second-order valence-electron chi connectivity index (χ2n) is 7.99. The Morgan fingerprint density at radius 2 is 1.51 bits per heavy atom. The summed E-state index contributed by atoms with van der Waals surface area (Å²) < 4.78 is 5.34. The zero-order chi connectivity index (χ0) is 25.2. The van der Waals surface area contributed by atoms with Crippen LogP contribution in [0.25, 0.3) is 10.8 Å². The van der Waals surface area contributed by atoms with Crippen LogP contribution in [0, 0.1) is 0 Å². The van der Waals surface area contributed by atoms with Gasteiger partial charge in [0.1, 0.15) is 25.2 Å². The van der Waals surface area contributed by atoms with Crippen molar-refractivity contribution >= 4 is 34.6 Å². The van der Waals surface area contributed by atoms with Gasteiger partial charge >= 0.3 is 12.1 Å². The van der Waals surface area contributed by atoms with E-state index in [0.717, 1.165) is 21.9 Å². The number of rotatable bonds is 10. The molecule has 9 heteroatoms. The number of amides is 3. The van der Waals surface area contributed by atoms with E-state index in [9.17, 15) is 19.2 Å². The van der Waals surface area contributed by atoms with Gasteiger partial charge in [0.2, 0.25) is 11.8 Å². The first-order valence-electron chi connectivity index (χ1n) is 11.1. The Balaban J connectivity index is 1.62. The molecule has 3 amide bonds. The molecular formula is C26H27N3O6. The van der Waals surface area contributed by atoms with Crippen molar-refractivity contribution in [2.24, 2.45) is 0 Å². The second kappa shape index (κ2) is 12.2. The summed E-state index contributed by atoms with van der Waals surface area (Å²) in [6, 6.07) is 20.6. The molecule has 0 heterocycles. The van der Waals surface area contributed by atoms with Crippen LogP contribution in [0.1, 0.15) is 18.1 Å². The lowest BCUT2D eigenvalue weighted by molar-refractivity contribution is -0.138. The molecule has 3 aromatic carbocycles. The van der Waals surface area contributed by atoms with E-state index in [0.29, 0.717) is 0 Å². The zero-order valence-corrected chi connectivity index (χ0v) is 19.2. The number of carboxylic acids is 1. The molecule has 4 N–H and O–H groups in total. The van der Waals surface area contributed by atoms with Crippen molar-refractivity contribution < 1.29 is 29.0 Å². The van der Waals surface area contributed by atoms with Crippen LogP contribution in [0.15, 0.2) is 72.8 Å². The van der Waals surface area contributed by atoms with Crippen molar-refractivity contribution in [3.63, 3.8) is 0 Å². The Kier molecular flexibility index (Phi) is 8.77. The fourth-order valence-corrected chi connectivity index (χ4v) is 3.42. The first-order chi connectivity index (χ1) is 16.8. The summed E-state index contributed by atoms with van der Waals surface area (Å²) in [5.74, 6) is -2.46. The average molecular weight is 478 g/mol. The number of carbonyl (C=O) groups excluding carboxylic acids is 3. The summed E-state index contributed by atoms with van der Waals surface area (Å²) >= 11 is 0. The van der Waals surface area contributed by atoms with E-state index in [2.05, 4.69) is 16.0 Å². The summed E-state index contributed by atoms with van der Waals surface area (Å²) in [4.78, 5) is 48.1. The van der Waals surface area contributed by atoms with Crippen LogP contribution in [-0.2, 0) is 32.1 Å². The van der Waals surface area contributed by atoms with Crippen molar-refractivity contribution in [2.75, 3.05) is 6.54 Å². The van der Waals surface area contributed by atoms with Crippen molar-refractivity contribution in [2.45, 2.75) is 32.0 Å². The smallest absolute Gasteiger partial charge is 0.408 e. The lowest BCUT2D eigenvalue weighted by Crippen LogP contribution is -2.53. The molecule has 0 radical (unpaired) electrons. The number of nitrogens with one attached hydrogen (secondary N) is 3. The minimum atomic E-state index is -1.20. The molecule has 9 nitrogen and oxygen atoms in total. The molecule has 0 spiro atoms. The van der Waals surface area contributed by atoms with Crippen LogP contribution in [0.5, 0.6) is 0 Å². The predicted molar refractivity (Wildman–Crippen MR) is 129 cm³/mol. The third kappa shape index (κ3) is 7.85. The standard InChI is InChI=1S/C26H27N3O6/c1-17(24(32)27-15-23(30)31)28-25(33)22(14-18-7-3-2-4-8-18)29-26(34)35-16-19-11-12-20-9-5-6-10-21(20)13-19/h2-13,17,22H,14-16H2,1H3,(H,27,32)(H,28,33)(H,29,34)(H,30,31)/t17-,22-/m0/s1. The molecule has 0 aromatic heterocycles. The Bertz CT molecular complexity index is 1200.